The average Bonchev–Trinajstić information content (AvgIpc) is 3.09. The minimum absolute atomic E-state index is 0. The molecule has 1 aromatic carbocycles. The zero-order chi connectivity index (χ0) is 16.7. The molecule has 1 fully saturated rings. The molecule has 1 amide bonds. The highest BCUT2D eigenvalue weighted by molar-refractivity contribution is 5.85. The second kappa shape index (κ2) is 11.7. The van der Waals surface area contributed by atoms with Gasteiger partial charge in [0.25, 0.3) is 0 Å². The molecule has 0 bridgehead atoms. The van der Waals surface area contributed by atoms with Gasteiger partial charge in [0.1, 0.15) is 0 Å². The summed E-state index contributed by atoms with van der Waals surface area (Å²) in [5.74, 6) is 0.0842. The second-order valence-electron chi connectivity index (χ2n) is 6.63. The summed E-state index contributed by atoms with van der Waals surface area (Å²) in [4.78, 5) is 15.1. The predicted molar refractivity (Wildman–Crippen MR) is 109 cm³/mol. The number of hydrogen-bond acceptors (Lipinski definition) is 3. The number of nitrogens with zero attached hydrogens (tertiary/aromatic N) is 1. The van der Waals surface area contributed by atoms with E-state index < -0.39 is 5.41 Å². The van der Waals surface area contributed by atoms with Gasteiger partial charge in [-0.05, 0) is 49.9 Å². The third-order valence-corrected chi connectivity index (χ3v) is 5.38. The van der Waals surface area contributed by atoms with Crippen molar-refractivity contribution in [3.63, 3.8) is 0 Å². The van der Waals surface area contributed by atoms with E-state index in [-0.39, 0.29) is 30.7 Å². The molecule has 0 aliphatic carbocycles. The lowest BCUT2D eigenvalue weighted by atomic mass is 9.81. The van der Waals surface area contributed by atoms with Crippen molar-refractivity contribution in [3.05, 3.63) is 35.4 Å². The van der Waals surface area contributed by atoms with Gasteiger partial charge in [-0.25, -0.2) is 0 Å². The quantitative estimate of drug-likeness (QED) is 0.714. The molecule has 2 rings (SSSR count). The van der Waals surface area contributed by atoms with Gasteiger partial charge in [-0.2, -0.15) is 0 Å². The summed E-state index contributed by atoms with van der Waals surface area (Å²) in [6.45, 7) is 8.42. The first-order valence-electron chi connectivity index (χ1n) is 8.92. The molecule has 144 valence electrons. The number of likely N-dealkylation sites (tertiary alicyclic amines) is 1. The number of amides is 1. The van der Waals surface area contributed by atoms with Crippen LogP contribution in [0.1, 0.15) is 50.7 Å². The van der Waals surface area contributed by atoms with Crippen molar-refractivity contribution in [2.45, 2.75) is 52.6 Å². The van der Waals surface area contributed by atoms with E-state index in [1.807, 2.05) is 19.9 Å². The standard InChI is InChI=1S/C19H31N3O.2ClH/c1-3-19(4-2,15-20)18(23)21-13-16-9-5-6-10-17(16)14-22-11-7-8-12-22;;/h5-6,9-10H,3-4,7-8,11-15,20H2,1-2H3,(H,21,23);2*1H. The first-order valence-corrected chi connectivity index (χ1v) is 8.92. The van der Waals surface area contributed by atoms with Gasteiger partial charge < -0.3 is 11.1 Å². The molecule has 0 spiro atoms. The highest BCUT2D eigenvalue weighted by atomic mass is 35.5. The second-order valence-corrected chi connectivity index (χ2v) is 6.63. The fraction of sp³-hybridized carbons (Fsp3) is 0.632. The first-order chi connectivity index (χ1) is 11.1. The van der Waals surface area contributed by atoms with Crippen LogP contribution < -0.4 is 11.1 Å². The molecular formula is C19H33Cl2N3O. The van der Waals surface area contributed by atoms with Crippen LogP contribution in [0.4, 0.5) is 0 Å². The number of rotatable bonds is 8. The maximum atomic E-state index is 12.6. The van der Waals surface area contributed by atoms with Crippen molar-refractivity contribution in [1.29, 1.82) is 0 Å². The average molecular weight is 390 g/mol. The van der Waals surface area contributed by atoms with Crippen molar-refractivity contribution < 1.29 is 4.79 Å². The molecule has 0 aromatic heterocycles. The maximum Gasteiger partial charge on any atom is 0.227 e. The SMILES string of the molecule is CCC(CC)(CN)C(=O)NCc1ccccc1CN1CCCC1.Cl.Cl. The van der Waals surface area contributed by atoms with E-state index in [0.29, 0.717) is 13.1 Å². The number of halogens is 2. The Labute approximate surface area is 164 Å². The fourth-order valence-electron chi connectivity index (χ4n) is 3.38. The summed E-state index contributed by atoms with van der Waals surface area (Å²) in [7, 11) is 0. The Balaban J connectivity index is 0.00000288. The molecule has 0 saturated carbocycles. The van der Waals surface area contributed by atoms with E-state index in [2.05, 4.69) is 28.4 Å². The van der Waals surface area contributed by atoms with Crippen molar-refractivity contribution in [3.8, 4) is 0 Å². The van der Waals surface area contributed by atoms with Gasteiger partial charge in [0.2, 0.25) is 5.91 Å². The topological polar surface area (TPSA) is 58.4 Å². The summed E-state index contributed by atoms with van der Waals surface area (Å²) < 4.78 is 0. The van der Waals surface area contributed by atoms with Crippen LogP contribution >= 0.6 is 24.8 Å². The Morgan fingerprint density at radius 2 is 1.68 bits per heavy atom. The molecule has 1 aromatic rings. The number of carbonyl (C=O) groups excluding carboxylic acids is 1. The van der Waals surface area contributed by atoms with E-state index in [0.717, 1.165) is 19.4 Å². The lowest BCUT2D eigenvalue weighted by Crippen LogP contribution is -2.45. The number of hydrogen-bond donors (Lipinski definition) is 2. The zero-order valence-electron chi connectivity index (χ0n) is 15.4. The first kappa shape index (κ1) is 24.2. The summed E-state index contributed by atoms with van der Waals surface area (Å²) in [6, 6.07) is 8.42. The third kappa shape index (κ3) is 6.14. The molecule has 4 nitrogen and oxygen atoms in total. The van der Waals surface area contributed by atoms with Gasteiger partial charge in [0, 0.05) is 19.6 Å². The Bertz CT molecular complexity index is 507. The maximum absolute atomic E-state index is 12.6. The summed E-state index contributed by atoms with van der Waals surface area (Å²) in [5.41, 5.74) is 7.98. The molecule has 3 N–H and O–H groups in total. The van der Waals surface area contributed by atoms with Crippen LogP contribution in [0.2, 0.25) is 0 Å². The Morgan fingerprint density at radius 3 is 2.20 bits per heavy atom. The highest BCUT2D eigenvalue weighted by Crippen LogP contribution is 2.25. The highest BCUT2D eigenvalue weighted by Gasteiger charge is 2.33. The van der Waals surface area contributed by atoms with Gasteiger partial charge in [-0.1, -0.05) is 38.1 Å². The lowest BCUT2D eigenvalue weighted by molar-refractivity contribution is -0.131. The van der Waals surface area contributed by atoms with Gasteiger partial charge in [0.05, 0.1) is 5.41 Å². The number of nitrogens with two attached hydrogens (primary N) is 1. The molecule has 1 heterocycles. The van der Waals surface area contributed by atoms with Crippen LogP contribution in [0.3, 0.4) is 0 Å². The van der Waals surface area contributed by atoms with Crippen molar-refractivity contribution in [1.82, 2.24) is 10.2 Å². The predicted octanol–water partition coefficient (Wildman–Crippen LogP) is 3.51. The summed E-state index contributed by atoms with van der Waals surface area (Å²) >= 11 is 0. The zero-order valence-corrected chi connectivity index (χ0v) is 17.1. The van der Waals surface area contributed by atoms with Crippen LogP contribution in [-0.2, 0) is 17.9 Å². The van der Waals surface area contributed by atoms with Gasteiger partial charge in [-0.15, -0.1) is 24.8 Å². The van der Waals surface area contributed by atoms with Crippen LogP contribution in [0, 0.1) is 5.41 Å². The van der Waals surface area contributed by atoms with E-state index in [1.54, 1.807) is 0 Å². The summed E-state index contributed by atoms with van der Waals surface area (Å²) in [6.07, 6.45) is 4.15. The van der Waals surface area contributed by atoms with E-state index >= 15 is 0 Å². The molecular weight excluding hydrogens is 357 g/mol. The van der Waals surface area contributed by atoms with Crippen molar-refractivity contribution in [2.24, 2.45) is 11.1 Å². The molecule has 0 radical (unpaired) electrons. The molecule has 6 heteroatoms. The monoisotopic (exact) mass is 389 g/mol. The van der Waals surface area contributed by atoms with Crippen LogP contribution in [-0.4, -0.2) is 30.4 Å². The number of benzene rings is 1. The number of nitrogens with one attached hydrogen (secondary N) is 1. The lowest BCUT2D eigenvalue weighted by Gasteiger charge is -2.28. The Hall–Kier alpha value is -0.810. The Morgan fingerprint density at radius 1 is 1.12 bits per heavy atom. The molecule has 1 saturated heterocycles. The molecule has 0 atom stereocenters. The van der Waals surface area contributed by atoms with Crippen molar-refractivity contribution >= 4 is 30.7 Å². The fourth-order valence-corrected chi connectivity index (χ4v) is 3.38. The largest absolute Gasteiger partial charge is 0.351 e. The molecule has 1 aliphatic heterocycles. The normalized spacial score (nSPS) is 14.5. The van der Waals surface area contributed by atoms with Crippen LogP contribution in [0.5, 0.6) is 0 Å². The van der Waals surface area contributed by atoms with Crippen LogP contribution in [0.25, 0.3) is 0 Å². The van der Waals surface area contributed by atoms with Gasteiger partial charge in [0.15, 0.2) is 0 Å². The third-order valence-electron chi connectivity index (χ3n) is 5.38. The van der Waals surface area contributed by atoms with Gasteiger partial charge >= 0.3 is 0 Å². The molecule has 1 aliphatic rings. The van der Waals surface area contributed by atoms with Gasteiger partial charge in [-0.3, -0.25) is 9.69 Å². The van der Waals surface area contributed by atoms with E-state index in [1.165, 1.54) is 37.1 Å². The summed E-state index contributed by atoms with van der Waals surface area (Å²) in [5, 5.41) is 3.12. The smallest absolute Gasteiger partial charge is 0.227 e. The minimum Gasteiger partial charge on any atom is -0.351 e. The number of carbonyl (C=O) groups is 1. The van der Waals surface area contributed by atoms with E-state index in [9.17, 15) is 4.79 Å². The Kier molecular flexibility index (Phi) is 11.4. The minimum atomic E-state index is -0.427. The molecule has 25 heavy (non-hydrogen) atoms. The van der Waals surface area contributed by atoms with E-state index in [4.69, 9.17) is 5.73 Å². The van der Waals surface area contributed by atoms with Crippen molar-refractivity contribution in [2.75, 3.05) is 19.6 Å². The van der Waals surface area contributed by atoms with Crippen LogP contribution in [0.15, 0.2) is 24.3 Å². The molecule has 0 unspecified atom stereocenters.